The van der Waals surface area contributed by atoms with E-state index in [1.165, 1.54) is 48.3 Å². The second-order valence-electron chi connectivity index (χ2n) is 12.9. The van der Waals surface area contributed by atoms with Gasteiger partial charge in [0.05, 0.1) is 63.0 Å². The SMILES string of the molecule is COCCn1ncc(-c2ccc(-c3cnc(C(=O)Nc4ccc(C(=O)N5CCN(C(=O)C[N+](C)(C)C)CC5)c(Cl)c4)n3C)c(F)c2F)c1C. The van der Waals surface area contributed by atoms with Crippen molar-refractivity contribution in [3.05, 3.63) is 76.5 Å². The highest BCUT2D eigenvalue weighted by Gasteiger charge is 2.29. The lowest BCUT2D eigenvalue weighted by molar-refractivity contribution is -0.862. The fraction of sp³-hybridized carbons (Fsp3) is 0.382. The van der Waals surface area contributed by atoms with Crippen LogP contribution < -0.4 is 5.32 Å². The van der Waals surface area contributed by atoms with Crippen molar-refractivity contribution in [2.75, 3.05) is 72.9 Å². The van der Waals surface area contributed by atoms with Gasteiger partial charge >= 0.3 is 0 Å². The molecule has 1 aliphatic rings. The van der Waals surface area contributed by atoms with Gasteiger partial charge in [0, 0.05) is 68.4 Å². The molecule has 3 amide bonds. The average Bonchev–Trinajstić information content (AvgIpc) is 3.61. The van der Waals surface area contributed by atoms with E-state index in [0.29, 0.717) is 67.3 Å². The number of piperazine rings is 1. The molecule has 2 aromatic heterocycles. The summed E-state index contributed by atoms with van der Waals surface area (Å²) in [5.41, 5.74) is 1.90. The number of aromatic nitrogens is 4. The fourth-order valence-corrected chi connectivity index (χ4v) is 5.99. The summed E-state index contributed by atoms with van der Waals surface area (Å²) in [7, 11) is 8.95. The molecule has 5 rings (SSSR count). The number of hydrogen-bond acceptors (Lipinski definition) is 6. The van der Waals surface area contributed by atoms with E-state index >= 15 is 8.78 Å². The Kier molecular flexibility index (Phi) is 10.5. The van der Waals surface area contributed by atoms with Crippen molar-refractivity contribution >= 4 is 35.0 Å². The Morgan fingerprint density at radius 2 is 1.61 bits per heavy atom. The van der Waals surface area contributed by atoms with Gasteiger partial charge in [0.1, 0.15) is 0 Å². The normalized spacial score (nSPS) is 13.6. The molecule has 260 valence electrons. The third-order valence-corrected chi connectivity index (χ3v) is 8.75. The van der Waals surface area contributed by atoms with E-state index in [1.807, 2.05) is 21.1 Å². The minimum atomic E-state index is -1.08. The van der Waals surface area contributed by atoms with Crippen LogP contribution in [0.1, 0.15) is 26.7 Å². The number of ether oxygens (including phenoxy) is 1. The maximum atomic E-state index is 15.5. The zero-order valence-corrected chi connectivity index (χ0v) is 29.1. The molecule has 0 radical (unpaired) electrons. The van der Waals surface area contributed by atoms with Gasteiger partial charge in [0.2, 0.25) is 0 Å². The number of quaternary nitrogens is 1. The first kappa shape index (κ1) is 35.6. The Morgan fingerprint density at radius 3 is 2.27 bits per heavy atom. The van der Waals surface area contributed by atoms with Gasteiger partial charge in [0.25, 0.3) is 17.7 Å². The molecule has 49 heavy (non-hydrogen) atoms. The molecule has 2 aromatic carbocycles. The monoisotopic (exact) mass is 697 g/mol. The van der Waals surface area contributed by atoms with Crippen LogP contribution in [-0.4, -0.2) is 119 Å². The molecule has 1 saturated heterocycles. The minimum Gasteiger partial charge on any atom is -0.383 e. The van der Waals surface area contributed by atoms with Crippen molar-refractivity contribution in [2.45, 2.75) is 13.5 Å². The van der Waals surface area contributed by atoms with E-state index in [0.717, 1.165) is 0 Å². The van der Waals surface area contributed by atoms with E-state index in [1.54, 1.807) is 34.6 Å². The van der Waals surface area contributed by atoms with Crippen molar-refractivity contribution < 1.29 is 32.4 Å². The van der Waals surface area contributed by atoms with Gasteiger partial charge in [-0.05, 0) is 31.2 Å². The molecule has 0 aliphatic carbocycles. The maximum Gasteiger partial charge on any atom is 0.291 e. The Hall–Kier alpha value is -4.66. The number of halogens is 3. The Morgan fingerprint density at radius 1 is 0.959 bits per heavy atom. The Bertz CT molecular complexity index is 1890. The minimum absolute atomic E-state index is 0.0429. The van der Waals surface area contributed by atoms with Crippen molar-refractivity contribution in [1.82, 2.24) is 29.1 Å². The predicted molar refractivity (Wildman–Crippen MR) is 181 cm³/mol. The lowest BCUT2D eigenvalue weighted by atomic mass is 10.0. The van der Waals surface area contributed by atoms with Gasteiger partial charge in [-0.3, -0.25) is 19.1 Å². The van der Waals surface area contributed by atoms with Crippen LogP contribution in [-0.2, 0) is 23.1 Å². The second-order valence-corrected chi connectivity index (χ2v) is 13.4. The third-order valence-electron chi connectivity index (χ3n) is 8.44. The van der Waals surface area contributed by atoms with Crippen LogP contribution in [0.15, 0.2) is 42.7 Å². The fourth-order valence-electron chi connectivity index (χ4n) is 5.73. The van der Waals surface area contributed by atoms with E-state index in [4.69, 9.17) is 16.3 Å². The summed E-state index contributed by atoms with van der Waals surface area (Å²) in [5, 5.41) is 7.10. The summed E-state index contributed by atoms with van der Waals surface area (Å²) in [6.07, 6.45) is 2.78. The molecule has 1 aliphatic heterocycles. The van der Waals surface area contributed by atoms with Gasteiger partial charge in [-0.25, -0.2) is 13.8 Å². The third kappa shape index (κ3) is 7.66. The number of carbonyl (C=O) groups excluding carboxylic acids is 3. The molecular weight excluding hydrogens is 658 g/mol. The van der Waals surface area contributed by atoms with Gasteiger partial charge in [-0.15, -0.1) is 0 Å². The largest absolute Gasteiger partial charge is 0.383 e. The smallest absolute Gasteiger partial charge is 0.291 e. The number of likely N-dealkylation sites (N-methyl/N-ethyl adjacent to an activating group) is 1. The number of carbonyl (C=O) groups is 3. The Balaban J connectivity index is 1.26. The summed E-state index contributed by atoms with van der Waals surface area (Å²) >= 11 is 6.49. The molecule has 0 saturated carbocycles. The Labute approximate surface area is 288 Å². The number of anilines is 1. The van der Waals surface area contributed by atoms with Gasteiger partial charge in [-0.2, -0.15) is 5.10 Å². The molecule has 0 bridgehead atoms. The molecule has 3 heterocycles. The molecule has 12 nitrogen and oxygen atoms in total. The number of nitrogens with zero attached hydrogens (tertiary/aromatic N) is 7. The summed E-state index contributed by atoms with van der Waals surface area (Å²) in [6.45, 7) is 4.67. The highest BCUT2D eigenvalue weighted by Crippen LogP contribution is 2.33. The summed E-state index contributed by atoms with van der Waals surface area (Å²) in [6, 6.07) is 7.46. The number of hydrogen-bond donors (Lipinski definition) is 1. The second kappa shape index (κ2) is 14.4. The van der Waals surface area contributed by atoms with E-state index < -0.39 is 17.5 Å². The van der Waals surface area contributed by atoms with Crippen molar-refractivity contribution in [3.8, 4) is 22.4 Å². The van der Waals surface area contributed by atoms with Crippen LogP contribution in [0, 0.1) is 18.6 Å². The molecule has 1 fully saturated rings. The zero-order chi connectivity index (χ0) is 35.6. The van der Waals surface area contributed by atoms with Crippen molar-refractivity contribution in [3.63, 3.8) is 0 Å². The van der Waals surface area contributed by atoms with Crippen LogP contribution in [0.2, 0.25) is 5.02 Å². The summed E-state index contributed by atoms with van der Waals surface area (Å²) in [5.74, 6) is -3.02. The molecular formula is C34H40ClF2N8O4+. The van der Waals surface area contributed by atoms with E-state index in [-0.39, 0.29) is 45.0 Å². The van der Waals surface area contributed by atoms with Crippen molar-refractivity contribution in [2.24, 2.45) is 7.05 Å². The summed E-state index contributed by atoms with van der Waals surface area (Å²) in [4.78, 5) is 46.6. The van der Waals surface area contributed by atoms with Gasteiger partial charge in [0.15, 0.2) is 24.0 Å². The van der Waals surface area contributed by atoms with Crippen molar-refractivity contribution in [1.29, 1.82) is 0 Å². The topological polar surface area (TPSA) is 115 Å². The molecule has 0 spiro atoms. The number of benzene rings is 2. The quantitative estimate of drug-likeness (QED) is 0.250. The first-order chi connectivity index (χ1) is 23.2. The molecule has 1 N–H and O–H groups in total. The van der Waals surface area contributed by atoms with Gasteiger partial charge in [-0.1, -0.05) is 17.7 Å². The lowest BCUT2D eigenvalue weighted by Gasteiger charge is -2.36. The van der Waals surface area contributed by atoms with Crippen LogP contribution >= 0.6 is 11.6 Å². The summed E-state index contributed by atoms with van der Waals surface area (Å²) < 4.78 is 39.5. The van der Waals surface area contributed by atoms with Crippen LogP contribution in [0.5, 0.6) is 0 Å². The number of rotatable bonds is 10. The highest BCUT2D eigenvalue weighted by molar-refractivity contribution is 6.34. The van der Waals surface area contributed by atoms with E-state index in [9.17, 15) is 14.4 Å². The average molecular weight is 698 g/mol. The number of nitrogens with one attached hydrogen (secondary N) is 1. The van der Waals surface area contributed by atoms with E-state index in [2.05, 4.69) is 15.4 Å². The number of amides is 3. The highest BCUT2D eigenvalue weighted by atomic mass is 35.5. The van der Waals surface area contributed by atoms with Gasteiger partial charge < -0.3 is 28.9 Å². The molecule has 4 aromatic rings. The number of imidazole rings is 1. The maximum absolute atomic E-state index is 15.5. The molecule has 0 atom stereocenters. The lowest BCUT2D eigenvalue weighted by Crippen LogP contribution is -2.54. The predicted octanol–water partition coefficient (Wildman–Crippen LogP) is 4.08. The van der Waals surface area contributed by atoms with Crippen LogP contribution in [0.25, 0.3) is 22.4 Å². The number of methoxy groups -OCH3 is 1. The first-order valence-electron chi connectivity index (χ1n) is 15.7. The standard InChI is InChI=1S/C34H39ClF2N8O4/c1-21-26(18-39-44(21)15-16-49-6)23-9-10-25(31(37)30(23)36)28-19-38-32(41(28)2)33(47)40-22-7-8-24(27(35)17-22)34(48)43-13-11-42(12-14-43)29(46)20-45(3,4)5/h7-10,17-19H,11-16,20H2,1-6H3/p+1. The zero-order valence-electron chi connectivity index (χ0n) is 28.4. The van der Waals surface area contributed by atoms with Crippen LogP contribution in [0.3, 0.4) is 0 Å². The van der Waals surface area contributed by atoms with Crippen LogP contribution in [0.4, 0.5) is 14.5 Å². The molecule has 15 heteroatoms. The first-order valence-corrected chi connectivity index (χ1v) is 16.1. The molecule has 0 unspecified atom stereocenters.